The van der Waals surface area contributed by atoms with Gasteiger partial charge in [-0.15, -0.1) is 0 Å². The average Bonchev–Trinajstić information content (AvgIpc) is 3.11. The van der Waals surface area contributed by atoms with Crippen LogP contribution in [0.1, 0.15) is 106 Å². The first-order chi connectivity index (χ1) is 15.6. The van der Waals surface area contributed by atoms with Crippen molar-refractivity contribution in [3.8, 4) is 0 Å². The Morgan fingerprint density at radius 2 is 1.85 bits per heavy atom. The Hall–Kier alpha value is -1.32. The number of nitrogens with zero attached hydrogens (tertiary/aromatic N) is 1. The quantitative estimate of drug-likeness (QED) is 0.470. The Labute approximate surface area is 202 Å². The standard InChI is InChI=1S/C29H48N2O2/c1-7-9-10-17-27(3,4)30-26(33)23-13-12-21-20-11-14-24-29(6,19-16-25(32)31(24)8-2)22(20)15-18-28(21,23)5/h16,19-24H,7-15,17-18H2,1-6H3,(H,30,33)/t20-,21-,22-,23+,24+,28-,29+/m0/s1. The van der Waals surface area contributed by atoms with Gasteiger partial charge in [0.25, 0.3) is 0 Å². The smallest absolute Gasteiger partial charge is 0.246 e. The lowest BCUT2D eigenvalue weighted by Gasteiger charge is -2.60. The Balaban J connectivity index is 1.50. The SMILES string of the molecule is CCCCCC(C)(C)NC(=O)[C@H]1CC[C@H]2[C@@H]3CC[C@H]4N(CC)C(=O)C=C[C@]4(C)[C@H]3CC[C@]12C. The summed E-state index contributed by atoms with van der Waals surface area (Å²) < 4.78 is 0. The third-order valence-electron chi connectivity index (χ3n) is 10.5. The van der Waals surface area contributed by atoms with Gasteiger partial charge in [0.15, 0.2) is 0 Å². The van der Waals surface area contributed by atoms with Crippen LogP contribution < -0.4 is 5.32 Å². The van der Waals surface area contributed by atoms with E-state index in [0.717, 1.165) is 32.2 Å². The van der Waals surface area contributed by atoms with Crippen LogP contribution in [-0.2, 0) is 9.59 Å². The monoisotopic (exact) mass is 456 g/mol. The molecule has 1 aliphatic heterocycles. The van der Waals surface area contributed by atoms with E-state index in [2.05, 4.69) is 57.8 Å². The number of rotatable bonds is 7. The van der Waals surface area contributed by atoms with E-state index in [1.54, 1.807) is 0 Å². The van der Waals surface area contributed by atoms with E-state index < -0.39 is 0 Å². The lowest BCUT2D eigenvalue weighted by Crippen LogP contribution is -2.60. The largest absolute Gasteiger partial charge is 0.351 e. The maximum absolute atomic E-state index is 13.6. The zero-order valence-corrected chi connectivity index (χ0v) is 22.1. The first-order valence-electron chi connectivity index (χ1n) is 13.9. The van der Waals surface area contributed by atoms with Gasteiger partial charge in [-0.2, -0.15) is 0 Å². The molecular formula is C29H48N2O2. The number of hydrogen-bond acceptors (Lipinski definition) is 2. The molecule has 0 bridgehead atoms. The summed E-state index contributed by atoms with van der Waals surface area (Å²) >= 11 is 0. The van der Waals surface area contributed by atoms with Gasteiger partial charge in [-0.1, -0.05) is 46.1 Å². The summed E-state index contributed by atoms with van der Waals surface area (Å²) in [6.07, 6.45) is 15.7. The molecule has 4 rings (SSSR count). The van der Waals surface area contributed by atoms with E-state index in [4.69, 9.17) is 0 Å². The van der Waals surface area contributed by atoms with E-state index in [9.17, 15) is 9.59 Å². The molecule has 3 saturated carbocycles. The van der Waals surface area contributed by atoms with Crippen LogP contribution in [0, 0.1) is 34.5 Å². The first kappa shape index (κ1) is 24.8. The third-order valence-corrected chi connectivity index (χ3v) is 10.5. The molecule has 4 nitrogen and oxygen atoms in total. The minimum absolute atomic E-state index is 0.0791. The summed E-state index contributed by atoms with van der Waals surface area (Å²) in [5, 5.41) is 3.46. The number of carbonyl (C=O) groups excluding carboxylic acids is 2. The number of hydrogen-bond donors (Lipinski definition) is 1. The Morgan fingerprint density at radius 3 is 2.55 bits per heavy atom. The molecule has 3 fully saturated rings. The van der Waals surface area contributed by atoms with Crippen molar-refractivity contribution in [2.24, 2.45) is 34.5 Å². The molecule has 1 heterocycles. The summed E-state index contributed by atoms with van der Waals surface area (Å²) in [6, 6.07) is 0.343. The maximum atomic E-state index is 13.6. The highest BCUT2D eigenvalue weighted by atomic mass is 16.2. The van der Waals surface area contributed by atoms with Crippen molar-refractivity contribution >= 4 is 11.8 Å². The number of likely N-dealkylation sites (N-methyl/N-ethyl adjacent to an activating group) is 1. The number of nitrogens with one attached hydrogen (secondary N) is 1. The van der Waals surface area contributed by atoms with Crippen molar-refractivity contribution in [2.75, 3.05) is 6.54 Å². The van der Waals surface area contributed by atoms with E-state index in [1.165, 1.54) is 38.5 Å². The van der Waals surface area contributed by atoms with Crippen LogP contribution in [0.4, 0.5) is 0 Å². The highest BCUT2D eigenvalue weighted by molar-refractivity contribution is 5.89. The van der Waals surface area contributed by atoms with Gasteiger partial charge < -0.3 is 10.2 Å². The summed E-state index contributed by atoms with van der Waals surface area (Å²) in [4.78, 5) is 28.2. The zero-order valence-electron chi connectivity index (χ0n) is 22.1. The lowest BCUT2D eigenvalue weighted by molar-refractivity contribution is -0.144. The van der Waals surface area contributed by atoms with Crippen LogP contribution in [0.5, 0.6) is 0 Å². The zero-order chi connectivity index (χ0) is 24.0. The first-order valence-corrected chi connectivity index (χ1v) is 13.9. The molecule has 0 radical (unpaired) electrons. The van der Waals surface area contributed by atoms with E-state index in [1.807, 2.05) is 6.08 Å². The van der Waals surface area contributed by atoms with E-state index >= 15 is 0 Å². The molecule has 0 saturated heterocycles. The Kier molecular flexibility index (Phi) is 6.79. The molecule has 4 aliphatic rings. The summed E-state index contributed by atoms with van der Waals surface area (Å²) in [5.41, 5.74) is 0.0782. The van der Waals surface area contributed by atoms with Crippen LogP contribution in [0.2, 0.25) is 0 Å². The van der Waals surface area contributed by atoms with Crippen molar-refractivity contribution in [2.45, 2.75) is 117 Å². The topological polar surface area (TPSA) is 49.4 Å². The number of fused-ring (bicyclic) bond motifs is 5. The van der Waals surface area contributed by atoms with Gasteiger partial charge in [0.2, 0.25) is 11.8 Å². The molecule has 0 aromatic heterocycles. The van der Waals surface area contributed by atoms with E-state index in [0.29, 0.717) is 29.7 Å². The highest BCUT2D eigenvalue weighted by Crippen LogP contribution is 2.65. The minimum atomic E-state index is -0.119. The highest BCUT2D eigenvalue weighted by Gasteiger charge is 2.61. The number of carbonyl (C=O) groups is 2. The van der Waals surface area contributed by atoms with Crippen molar-refractivity contribution in [1.82, 2.24) is 10.2 Å². The van der Waals surface area contributed by atoms with Gasteiger partial charge in [0.1, 0.15) is 0 Å². The minimum Gasteiger partial charge on any atom is -0.351 e. The Morgan fingerprint density at radius 1 is 1.09 bits per heavy atom. The molecule has 0 unspecified atom stereocenters. The molecule has 4 heteroatoms. The molecule has 186 valence electrons. The predicted octanol–water partition coefficient (Wildman–Crippen LogP) is 6.11. The number of amides is 2. The summed E-state index contributed by atoms with van der Waals surface area (Å²) in [5.74, 6) is 2.58. The van der Waals surface area contributed by atoms with E-state index in [-0.39, 0.29) is 28.2 Å². The van der Waals surface area contributed by atoms with Crippen molar-refractivity contribution in [3.05, 3.63) is 12.2 Å². The van der Waals surface area contributed by atoms with Crippen molar-refractivity contribution < 1.29 is 9.59 Å². The van der Waals surface area contributed by atoms with Crippen LogP contribution in [0.15, 0.2) is 12.2 Å². The van der Waals surface area contributed by atoms with Crippen LogP contribution in [-0.4, -0.2) is 34.8 Å². The molecule has 7 atom stereocenters. The summed E-state index contributed by atoms with van der Waals surface area (Å²) in [7, 11) is 0. The molecule has 0 aromatic rings. The van der Waals surface area contributed by atoms with Gasteiger partial charge in [-0.3, -0.25) is 9.59 Å². The lowest BCUT2D eigenvalue weighted by atomic mass is 9.47. The van der Waals surface area contributed by atoms with Gasteiger partial charge in [0, 0.05) is 29.5 Å². The fourth-order valence-electron chi connectivity index (χ4n) is 8.70. The maximum Gasteiger partial charge on any atom is 0.246 e. The van der Waals surface area contributed by atoms with Gasteiger partial charge in [-0.05, 0) is 95.0 Å². The molecular weight excluding hydrogens is 408 g/mol. The number of unbranched alkanes of at least 4 members (excludes halogenated alkanes) is 2. The average molecular weight is 457 g/mol. The van der Waals surface area contributed by atoms with Crippen molar-refractivity contribution in [3.63, 3.8) is 0 Å². The third kappa shape index (κ3) is 4.18. The molecule has 0 spiro atoms. The van der Waals surface area contributed by atoms with Crippen LogP contribution in [0.3, 0.4) is 0 Å². The van der Waals surface area contributed by atoms with Crippen molar-refractivity contribution in [1.29, 1.82) is 0 Å². The second-order valence-electron chi connectivity index (χ2n) is 12.8. The fourth-order valence-corrected chi connectivity index (χ4v) is 8.70. The van der Waals surface area contributed by atoms with Crippen LogP contribution in [0.25, 0.3) is 0 Å². The molecule has 3 aliphatic carbocycles. The van der Waals surface area contributed by atoms with Gasteiger partial charge >= 0.3 is 0 Å². The van der Waals surface area contributed by atoms with Gasteiger partial charge in [-0.25, -0.2) is 0 Å². The second-order valence-corrected chi connectivity index (χ2v) is 12.8. The van der Waals surface area contributed by atoms with Crippen LogP contribution >= 0.6 is 0 Å². The predicted molar refractivity (Wildman–Crippen MR) is 135 cm³/mol. The molecule has 2 amide bonds. The Bertz CT molecular complexity index is 788. The van der Waals surface area contributed by atoms with Gasteiger partial charge in [0.05, 0.1) is 0 Å². The molecule has 33 heavy (non-hydrogen) atoms. The fraction of sp³-hybridized carbons (Fsp3) is 0.862. The molecule has 1 N–H and O–H groups in total. The second kappa shape index (κ2) is 9.04. The summed E-state index contributed by atoms with van der Waals surface area (Å²) in [6.45, 7) is 14.4. The molecule has 0 aromatic carbocycles. The normalized spacial score (nSPS) is 40.2.